The molecule has 1 saturated carbocycles. The fourth-order valence-electron chi connectivity index (χ4n) is 3.45. The van der Waals surface area contributed by atoms with Gasteiger partial charge in [-0.3, -0.25) is 4.90 Å². The number of hydrogen-bond acceptors (Lipinski definition) is 6. The zero-order valence-electron chi connectivity index (χ0n) is 14.1. The topological polar surface area (TPSA) is 68.7 Å². The van der Waals surface area contributed by atoms with Crippen LogP contribution in [0.25, 0.3) is 0 Å². The molecule has 0 N–H and O–H groups in total. The second kappa shape index (κ2) is 5.88. The van der Waals surface area contributed by atoms with Crippen molar-refractivity contribution in [3.63, 3.8) is 0 Å². The zero-order chi connectivity index (χ0) is 16.8. The van der Waals surface area contributed by atoms with Gasteiger partial charge in [0.15, 0.2) is 9.84 Å². The summed E-state index contributed by atoms with van der Waals surface area (Å²) >= 11 is 0. The van der Waals surface area contributed by atoms with E-state index in [-0.39, 0.29) is 22.1 Å². The van der Waals surface area contributed by atoms with E-state index in [2.05, 4.69) is 9.88 Å². The first-order valence-electron chi connectivity index (χ1n) is 8.76. The van der Waals surface area contributed by atoms with E-state index in [1.54, 1.807) is 6.07 Å². The van der Waals surface area contributed by atoms with E-state index >= 15 is 0 Å². The summed E-state index contributed by atoms with van der Waals surface area (Å²) in [5.74, 6) is 0.851. The molecule has 0 unspecified atom stereocenters. The lowest BCUT2D eigenvalue weighted by atomic mass is 10.2. The van der Waals surface area contributed by atoms with Crippen molar-refractivity contribution in [2.75, 3.05) is 32.0 Å². The Morgan fingerprint density at radius 2 is 2.04 bits per heavy atom. The molecule has 1 aromatic rings. The monoisotopic (exact) mass is 352 g/mol. The second-order valence-electron chi connectivity index (χ2n) is 7.16. The lowest BCUT2D eigenvalue weighted by molar-refractivity contribution is 0.161. The molecule has 3 aliphatic rings. The Labute approximate surface area is 143 Å². The van der Waals surface area contributed by atoms with Gasteiger partial charge in [0.2, 0.25) is 11.8 Å². The van der Waals surface area contributed by atoms with Crippen molar-refractivity contribution < 1.29 is 17.9 Å². The van der Waals surface area contributed by atoms with Crippen LogP contribution < -0.4 is 9.47 Å². The van der Waals surface area contributed by atoms with E-state index in [9.17, 15) is 8.42 Å². The number of pyridine rings is 1. The number of nitrogens with zero attached hydrogens (tertiary/aromatic N) is 2. The van der Waals surface area contributed by atoms with Gasteiger partial charge in [0.05, 0.1) is 5.75 Å². The van der Waals surface area contributed by atoms with Crippen molar-refractivity contribution in [3.05, 3.63) is 11.6 Å². The number of aromatic nitrogens is 1. The van der Waals surface area contributed by atoms with Crippen molar-refractivity contribution in [2.45, 2.75) is 49.5 Å². The Balaban J connectivity index is 1.55. The smallest absolute Gasteiger partial charge is 0.236 e. The van der Waals surface area contributed by atoms with Gasteiger partial charge in [-0.1, -0.05) is 0 Å². The third kappa shape index (κ3) is 3.11. The summed E-state index contributed by atoms with van der Waals surface area (Å²) in [5.41, 5.74) is 0.432. The summed E-state index contributed by atoms with van der Waals surface area (Å²) < 4.78 is 36.8. The van der Waals surface area contributed by atoms with Gasteiger partial charge in [-0.05, 0) is 51.8 Å². The van der Waals surface area contributed by atoms with E-state index < -0.39 is 9.84 Å². The van der Waals surface area contributed by atoms with Crippen molar-refractivity contribution in [1.29, 1.82) is 0 Å². The third-order valence-electron chi connectivity index (χ3n) is 5.23. The molecular formula is C17H24N2O4S. The second-order valence-corrected chi connectivity index (χ2v) is 9.24. The Bertz CT molecular complexity index is 737. The maximum absolute atomic E-state index is 12.5. The molecule has 24 heavy (non-hydrogen) atoms. The van der Waals surface area contributed by atoms with Crippen LogP contribution in [0.15, 0.2) is 11.0 Å². The molecule has 3 heterocycles. The molecule has 1 aliphatic carbocycles. The predicted octanol–water partition coefficient (Wildman–Crippen LogP) is 1.95. The van der Waals surface area contributed by atoms with Crippen molar-refractivity contribution >= 4 is 9.84 Å². The van der Waals surface area contributed by atoms with Gasteiger partial charge in [0, 0.05) is 18.5 Å². The SMILES string of the molecule is Cc1cc2c(nc1OCCN1CCCC1)OC1(CC1)CCS2(=O)=O. The first-order chi connectivity index (χ1) is 11.5. The molecule has 132 valence electrons. The summed E-state index contributed by atoms with van der Waals surface area (Å²) in [4.78, 5) is 7.02. The highest BCUT2D eigenvalue weighted by molar-refractivity contribution is 7.91. The van der Waals surface area contributed by atoms with Gasteiger partial charge >= 0.3 is 0 Å². The molecule has 0 aromatic carbocycles. The fourth-order valence-corrected chi connectivity index (χ4v) is 5.02. The quantitative estimate of drug-likeness (QED) is 0.825. The normalized spacial score (nSPS) is 24.2. The van der Waals surface area contributed by atoms with Crippen LogP contribution in [0, 0.1) is 6.92 Å². The van der Waals surface area contributed by atoms with Gasteiger partial charge in [0.25, 0.3) is 0 Å². The average molecular weight is 352 g/mol. The summed E-state index contributed by atoms with van der Waals surface area (Å²) in [6, 6.07) is 1.66. The van der Waals surface area contributed by atoms with Gasteiger partial charge in [0.1, 0.15) is 17.1 Å². The molecule has 1 aromatic heterocycles. The third-order valence-corrected chi connectivity index (χ3v) is 6.93. The van der Waals surface area contributed by atoms with Crippen LogP contribution in [0.4, 0.5) is 0 Å². The molecule has 1 spiro atoms. The summed E-state index contributed by atoms with van der Waals surface area (Å²) in [6.45, 7) is 5.53. The van der Waals surface area contributed by atoms with E-state index in [0.717, 1.165) is 38.0 Å². The number of likely N-dealkylation sites (tertiary alicyclic amines) is 1. The van der Waals surface area contributed by atoms with Crippen molar-refractivity contribution in [3.8, 4) is 11.8 Å². The number of aryl methyl sites for hydroxylation is 1. The Kier molecular flexibility index (Phi) is 3.95. The van der Waals surface area contributed by atoms with Crippen LogP contribution in [-0.4, -0.2) is 55.9 Å². The van der Waals surface area contributed by atoms with Gasteiger partial charge in [-0.25, -0.2) is 8.42 Å². The molecular weight excluding hydrogens is 328 g/mol. The van der Waals surface area contributed by atoms with Crippen LogP contribution in [0.3, 0.4) is 0 Å². The van der Waals surface area contributed by atoms with Crippen LogP contribution >= 0.6 is 0 Å². The zero-order valence-corrected chi connectivity index (χ0v) is 14.9. The largest absolute Gasteiger partial charge is 0.476 e. The Morgan fingerprint density at radius 1 is 1.29 bits per heavy atom. The Morgan fingerprint density at radius 3 is 2.75 bits per heavy atom. The molecule has 6 nitrogen and oxygen atoms in total. The summed E-state index contributed by atoms with van der Waals surface area (Å²) in [7, 11) is -3.33. The first-order valence-corrected chi connectivity index (χ1v) is 10.4. The molecule has 2 fully saturated rings. The number of ether oxygens (including phenoxy) is 2. The molecule has 0 radical (unpaired) electrons. The van der Waals surface area contributed by atoms with E-state index in [0.29, 0.717) is 18.9 Å². The number of sulfone groups is 1. The lowest BCUT2D eigenvalue weighted by Gasteiger charge is -2.17. The fraction of sp³-hybridized carbons (Fsp3) is 0.706. The van der Waals surface area contributed by atoms with Crippen LogP contribution in [-0.2, 0) is 9.84 Å². The molecule has 4 rings (SSSR count). The van der Waals surface area contributed by atoms with Crippen LogP contribution in [0.2, 0.25) is 0 Å². The molecule has 2 aliphatic heterocycles. The van der Waals surface area contributed by atoms with Gasteiger partial charge in [-0.2, -0.15) is 4.98 Å². The average Bonchev–Trinajstić information content (AvgIpc) is 3.13. The molecule has 0 atom stereocenters. The van der Waals surface area contributed by atoms with Crippen molar-refractivity contribution in [2.24, 2.45) is 0 Å². The van der Waals surface area contributed by atoms with Crippen molar-refractivity contribution in [1.82, 2.24) is 9.88 Å². The van der Waals surface area contributed by atoms with E-state index in [4.69, 9.17) is 9.47 Å². The highest BCUT2D eigenvalue weighted by Crippen LogP contribution is 2.47. The minimum absolute atomic E-state index is 0.135. The van der Waals surface area contributed by atoms with E-state index in [1.807, 2.05) is 6.92 Å². The van der Waals surface area contributed by atoms with Gasteiger partial charge in [-0.15, -0.1) is 0 Å². The van der Waals surface area contributed by atoms with Crippen LogP contribution in [0.1, 0.15) is 37.7 Å². The maximum atomic E-state index is 12.5. The molecule has 7 heteroatoms. The highest BCUT2D eigenvalue weighted by Gasteiger charge is 2.49. The highest BCUT2D eigenvalue weighted by atomic mass is 32.2. The molecule has 0 amide bonds. The molecule has 0 bridgehead atoms. The first kappa shape index (κ1) is 16.1. The molecule has 1 saturated heterocycles. The van der Waals surface area contributed by atoms with E-state index in [1.165, 1.54) is 12.8 Å². The standard InChI is InChI=1S/C17H24N2O4S/c1-13-12-14-16(23-17(4-5-17)6-11-24(14,20)21)18-15(13)22-10-9-19-7-2-3-8-19/h12H,2-11H2,1H3. The number of hydrogen-bond donors (Lipinski definition) is 0. The maximum Gasteiger partial charge on any atom is 0.236 e. The van der Waals surface area contributed by atoms with Crippen LogP contribution in [0.5, 0.6) is 11.8 Å². The minimum atomic E-state index is -3.33. The minimum Gasteiger partial charge on any atom is -0.476 e. The summed E-state index contributed by atoms with van der Waals surface area (Å²) in [6.07, 6.45) is 4.87. The Hall–Kier alpha value is -1.34. The summed E-state index contributed by atoms with van der Waals surface area (Å²) in [5, 5.41) is 0. The lowest BCUT2D eigenvalue weighted by Crippen LogP contribution is -2.25. The number of fused-ring (bicyclic) bond motifs is 1. The predicted molar refractivity (Wildman–Crippen MR) is 89.4 cm³/mol. The van der Waals surface area contributed by atoms with Gasteiger partial charge < -0.3 is 9.47 Å². The number of rotatable bonds is 4.